The predicted molar refractivity (Wildman–Crippen MR) is 54.3 cm³/mol. The Kier molecular flexibility index (Phi) is 2.14. The molecule has 0 fully saturated rings. The van der Waals surface area contributed by atoms with Crippen LogP contribution in [0.25, 0.3) is 6.08 Å². The minimum absolute atomic E-state index is 0.172. The number of rotatable bonds is 1. The van der Waals surface area contributed by atoms with Gasteiger partial charge in [0.2, 0.25) is 0 Å². The molecule has 1 heterocycles. The van der Waals surface area contributed by atoms with Crippen LogP contribution in [0.4, 0.5) is 0 Å². The van der Waals surface area contributed by atoms with Crippen molar-refractivity contribution < 1.29 is 0 Å². The van der Waals surface area contributed by atoms with Crippen LogP contribution in [0.5, 0.6) is 0 Å². The number of hydrogen-bond acceptors (Lipinski definition) is 0. The molecule has 1 heteroatoms. The van der Waals surface area contributed by atoms with Crippen molar-refractivity contribution in [3.63, 3.8) is 0 Å². The smallest absolute Gasteiger partial charge is 0.0358 e. The van der Waals surface area contributed by atoms with Crippen LogP contribution in [0.2, 0.25) is 0 Å². The summed E-state index contributed by atoms with van der Waals surface area (Å²) in [5, 5.41) is 0. The van der Waals surface area contributed by atoms with Crippen molar-refractivity contribution in [2.75, 3.05) is 0 Å². The molecule has 0 spiro atoms. The van der Waals surface area contributed by atoms with Gasteiger partial charge in [-0.05, 0) is 39.3 Å². The van der Waals surface area contributed by atoms with E-state index in [-0.39, 0.29) is 5.54 Å². The van der Waals surface area contributed by atoms with Crippen molar-refractivity contribution in [1.29, 1.82) is 0 Å². The van der Waals surface area contributed by atoms with E-state index in [9.17, 15) is 0 Å². The molecule has 1 nitrogen and oxygen atoms in total. The summed E-state index contributed by atoms with van der Waals surface area (Å²) in [7, 11) is 0. The van der Waals surface area contributed by atoms with Gasteiger partial charge in [0.25, 0.3) is 0 Å². The van der Waals surface area contributed by atoms with Crippen molar-refractivity contribution in [2.24, 2.45) is 0 Å². The number of hydrogen-bond donors (Lipinski definition) is 0. The van der Waals surface area contributed by atoms with Crippen LogP contribution in [-0.4, -0.2) is 4.57 Å². The first-order valence-electron chi connectivity index (χ1n) is 4.27. The van der Waals surface area contributed by atoms with Crippen molar-refractivity contribution in [3.05, 3.63) is 30.1 Å². The summed E-state index contributed by atoms with van der Waals surface area (Å²) in [4.78, 5) is 0. The predicted octanol–water partition coefficient (Wildman–Crippen LogP) is 3.19. The molecule has 0 amide bonds. The van der Waals surface area contributed by atoms with Gasteiger partial charge in [0, 0.05) is 17.4 Å². The van der Waals surface area contributed by atoms with Crippen molar-refractivity contribution in [1.82, 2.24) is 4.57 Å². The Hall–Kier alpha value is -0.980. The second-order valence-corrected chi connectivity index (χ2v) is 4.10. The van der Waals surface area contributed by atoms with E-state index in [0.29, 0.717) is 0 Å². The normalized spacial score (nSPS) is 11.7. The van der Waals surface area contributed by atoms with Crippen molar-refractivity contribution >= 4 is 6.08 Å². The van der Waals surface area contributed by atoms with Gasteiger partial charge in [0.1, 0.15) is 0 Å². The van der Waals surface area contributed by atoms with Gasteiger partial charge in [-0.25, -0.2) is 0 Å². The molecule has 66 valence electrons. The lowest BCUT2D eigenvalue weighted by Gasteiger charge is -2.23. The molecule has 1 aromatic rings. The second-order valence-electron chi connectivity index (χ2n) is 4.10. The first-order chi connectivity index (χ1) is 5.46. The van der Waals surface area contributed by atoms with E-state index in [1.807, 2.05) is 6.08 Å². The molecular formula is C11H17N. The molecule has 0 unspecified atom stereocenters. The fourth-order valence-corrected chi connectivity index (χ4v) is 1.47. The highest BCUT2D eigenvalue weighted by molar-refractivity contribution is 5.50. The molecular weight excluding hydrogens is 146 g/mol. The fraction of sp³-hybridized carbons (Fsp3) is 0.455. The van der Waals surface area contributed by atoms with Gasteiger partial charge in [-0.1, -0.05) is 12.7 Å². The van der Waals surface area contributed by atoms with E-state index in [1.165, 1.54) is 11.3 Å². The molecule has 0 aliphatic carbocycles. The SMILES string of the molecule is C=Cc1ccn(C(C)(C)C)c1C. The molecule has 0 radical (unpaired) electrons. The zero-order chi connectivity index (χ0) is 9.35. The van der Waals surface area contributed by atoms with E-state index in [1.54, 1.807) is 0 Å². The molecule has 0 aliphatic rings. The van der Waals surface area contributed by atoms with Crippen LogP contribution in [0, 0.1) is 6.92 Å². The van der Waals surface area contributed by atoms with E-state index < -0.39 is 0 Å². The quantitative estimate of drug-likeness (QED) is 0.599. The highest BCUT2D eigenvalue weighted by Crippen LogP contribution is 2.20. The summed E-state index contributed by atoms with van der Waals surface area (Å²) < 4.78 is 2.27. The minimum atomic E-state index is 0.172. The van der Waals surface area contributed by atoms with Crippen LogP contribution in [-0.2, 0) is 5.54 Å². The summed E-state index contributed by atoms with van der Waals surface area (Å²) >= 11 is 0. The monoisotopic (exact) mass is 163 g/mol. The molecule has 0 N–H and O–H groups in total. The lowest BCUT2D eigenvalue weighted by atomic mass is 10.1. The first-order valence-corrected chi connectivity index (χ1v) is 4.27. The van der Waals surface area contributed by atoms with E-state index >= 15 is 0 Å². The standard InChI is InChI=1S/C11H17N/c1-6-10-7-8-12(9(10)2)11(3,4)5/h6-8H,1H2,2-5H3. The minimum Gasteiger partial charge on any atom is -0.346 e. The van der Waals surface area contributed by atoms with Gasteiger partial charge in [-0.15, -0.1) is 0 Å². The Balaban J connectivity index is 3.19. The highest BCUT2D eigenvalue weighted by Gasteiger charge is 2.14. The lowest BCUT2D eigenvalue weighted by molar-refractivity contribution is 0.390. The third kappa shape index (κ3) is 1.45. The first kappa shape index (κ1) is 9.11. The maximum Gasteiger partial charge on any atom is 0.0358 e. The highest BCUT2D eigenvalue weighted by atomic mass is 15.0. The summed E-state index contributed by atoms with van der Waals surface area (Å²) in [6.45, 7) is 12.5. The molecule has 1 aromatic heterocycles. The maximum atomic E-state index is 3.77. The molecule has 12 heavy (non-hydrogen) atoms. The summed E-state index contributed by atoms with van der Waals surface area (Å²) in [5.74, 6) is 0. The van der Waals surface area contributed by atoms with E-state index in [4.69, 9.17) is 0 Å². The molecule has 0 aromatic carbocycles. The molecule has 0 saturated heterocycles. The summed E-state index contributed by atoms with van der Waals surface area (Å²) in [6, 6.07) is 2.10. The van der Waals surface area contributed by atoms with Gasteiger partial charge < -0.3 is 4.57 Å². The third-order valence-electron chi connectivity index (χ3n) is 2.12. The Bertz CT molecular complexity index is 286. The second kappa shape index (κ2) is 2.81. The number of aromatic nitrogens is 1. The van der Waals surface area contributed by atoms with Gasteiger partial charge >= 0.3 is 0 Å². The molecule has 0 saturated carbocycles. The van der Waals surface area contributed by atoms with Crippen molar-refractivity contribution in [2.45, 2.75) is 33.2 Å². The maximum absolute atomic E-state index is 3.77. The Morgan fingerprint density at radius 2 is 2.00 bits per heavy atom. The van der Waals surface area contributed by atoms with Crippen LogP contribution < -0.4 is 0 Å². The van der Waals surface area contributed by atoms with Crippen molar-refractivity contribution in [3.8, 4) is 0 Å². The largest absolute Gasteiger partial charge is 0.346 e. The Morgan fingerprint density at radius 3 is 2.25 bits per heavy atom. The Morgan fingerprint density at radius 1 is 1.42 bits per heavy atom. The van der Waals surface area contributed by atoms with Crippen LogP contribution >= 0.6 is 0 Å². The third-order valence-corrected chi connectivity index (χ3v) is 2.12. The van der Waals surface area contributed by atoms with Gasteiger partial charge in [0.15, 0.2) is 0 Å². The van der Waals surface area contributed by atoms with E-state index in [0.717, 1.165) is 0 Å². The topological polar surface area (TPSA) is 4.93 Å². The Labute approximate surface area is 74.7 Å². The lowest BCUT2D eigenvalue weighted by Crippen LogP contribution is -2.21. The zero-order valence-electron chi connectivity index (χ0n) is 8.39. The molecule has 0 bridgehead atoms. The fourth-order valence-electron chi connectivity index (χ4n) is 1.47. The molecule has 0 aliphatic heterocycles. The molecule has 1 rings (SSSR count). The van der Waals surface area contributed by atoms with E-state index in [2.05, 4.69) is 51.1 Å². The van der Waals surface area contributed by atoms with Gasteiger partial charge in [-0.2, -0.15) is 0 Å². The van der Waals surface area contributed by atoms with Gasteiger partial charge in [0.05, 0.1) is 0 Å². The summed E-state index contributed by atoms with van der Waals surface area (Å²) in [6.07, 6.45) is 4.02. The van der Waals surface area contributed by atoms with Crippen LogP contribution in [0.3, 0.4) is 0 Å². The average Bonchev–Trinajstić information content (AvgIpc) is 2.29. The van der Waals surface area contributed by atoms with Gasteiger partial charge in [-0.3, -0.25) is 0 Å². The summed E-state index contributed by atoms with van der Waals surface area (Å²) in [5.41, 5.74) is 2.69. The number of nitrogens with zero attached hydrogens (tertiary/aromatic N) is 1. The molecule has 0 atom stereocenters. The average molecular weight is 163 g/mol. The van der Waals surface area contributed by atoms with Crippen LogP contribution in [0.15, 0.2) is 18.8 Å². The van der Waals surface area contributed by atoms with Crippen LogP contribution in [0.1, 0.15) is 32.0 Å². The zero-order valence-corrected chi connectivity index (χ0v) is 8.39.